The minimum Gasteiger partial charge on any atom is -0.278 e. The Morgan fingerprint density at radius 3 is 2.38 bits per heavy atom. The normalized spacial score (nSPS) is 12.4. The quantitative estimate of drug-likeness (QED) is 0.284. The molecule has 0 saturated heterocycles. The van der Waals surface area contributed by atoms with Crippen molar-refractivity contribution in [2.24, 2.45) is 0 Å². The maximum absolute atomic E-state index is 4.23. The molecule has 0 aliphatic rings. The van der Waals surface area contributed by atoms with Crippen molar-refractivity contribution in [1.82, 2.24) is 10.2 Å². The molecule has 0 bridgehead atoms. The van der Waals surface area contributed by atoms with E-state index in [1.54, 1.807) is 0 Å². The molecule has 1 aromatic heterocycles. The number of allylic oxidation sites excluding steroid dienone is 1. The van der Waals surface area contributed by atoms with E-state index in [1.165, 1.54) is 51.8 Å². The zero-order valence-electron chi connectivity index (χ0n) is 19.8. The Hall–Kier alpha value is -3.13. The molecule has 0 aliphatic heterocycles. The first-order valence-electron chi connectivity index (χ1n) is 12.0. The van der Waals surface area contributed by atoms with Gasteiger partial charge in [-0.1, -0.05) is 88.7 Å². The van der Waals surface area contributed by atoms with Crippen LogP contribution in [0.4, 0.5) is 0 Å². The summed E-state index contributed by atoms with van der Waals surface area (Å²) in [6, 6.07) is 24.8. The first-order valence-corrected chi connectivity index (χ1v) is 12.0. The highest BCUT2D eigenvalue weighted by molar-refractivity contribution is 6.00. The van der Waals surface area contributed by atoms with Crippen LogP contribution in [-0.2, 0) is 6.42 Å². The molecular formula is C30H34N2. The van der Waals surface area contributed by atoms with Crippen molar-refractivity contribution in [3.8, 4) is 0 Å². The Morgan fingerprint density at radius 2 is 1.66 bits per heavy atom. The van der Waals surface area contributed by atoms with Gasteiger partial charge in [-0.05, 0) is 76.3 Å². The van der Waals surface area contributed by atoms with Crippen LogP contribution >= 0.6 is 0 Å². The highest BCUT2D eigenvalue weighted by Crippen LogP contribution is 2.38. The summed E-state index contributed by atoms with van der Waals surface area (Å²) in [6.45, 7) is 9.09. The van der Waals surface area contributed by atoms with Crippen molar-refractivity contribution in [1.29, 1.82) is 0 Å². The average Bonchev–Trinajstić information content (AvgIpc) is 3.29. The van der Waals surface area contributed by atoms with Gasteiger partial charge in [0.2, 0.25) is 0 Å². The number of hydrogen-bond acceptors (Lipinski definition) is 1. The van der Waals surface area contributed by atoms with Crippen molar-refractivity contribution in [2.45, 2.75) is 59.3 Å². The van der Waals surface area contributed by atoms with E-state index in [2.05, 4.69) is 105 Å². The lowest BCUT2D eigenvalue weighted by Gasteiger charge is -2.20. The maximum Gasteiger partial charge on any atom is 0.0650 e. The van der Waals surface area contributed by atoms with E-state index in [0.29, 0.717) is 5.92 Å². The third-order valence-electron chi connectivity index (χ3n) is 6.35. The zero-order valence-corrected chi connectivity index (χ0v) is 19.8. The van der Waals surface area contributed by atoms with Crippen LogP contribution in [-0.4, -0.2) is 10.2 Å². The lowest BCUT2D eigenvalue weighted by atomic mass is 9.84. The smallest absolute Gasteiger partial charge is 0.0650 e. The summed E-state index contributed by atoms with van der Waals surface area (Å²) in [6.07, 6.45) is 6.50. The number of nitrogens with zero attached hydrogens (tertiary/aromatic N) is 1. The topological polar surface area (TPSA) is 28.7 Å². The molecule has 0 aliphatic carbocycles. The van der Waals surface area contributed by atoms with Gasteiger partial charge in [0.15, 0.2) is 0 Å². The Balaban J connectivity index is 1.94. The fourth-order valence-corrected chi connectivity index (χ4v) is 4.61. The number of aromatic amines is 1. The maximum atomic E-state index is 4.23. The van der Waals surface area contributed by atoms with Gasteiger partial charge >= 0.3 is 0 Å². The number of H-pyrrole nitrogens is 1. The summed E-state index contributed by atoms with van der Waals surface area (Å²) in [5.74, 6) is 0.474. The molecule has 0 radical (unpaired) electrons. The fraction of sp³-hybridized carbons (Fsp3) is 0.300. The minimum absolute atomic E-state index is 0.474. The molecule has 2 heteroatoms. The first-order chi connectivity index (χ1) is 15.6. The molecule has 164 valence electrons. The van der Waals surface area contributed by atoms with E-state index in [-0.39, 0.29) is 0 Å². The van der Waals surface area contributed by atoms with E-state index in [0.717, 1.165) is 23.7 Å². The predicted molar refractivity (Wildman–Crippen MR) is 138 cm³/mol. The number of aryl methyl sites for hydroxylation is 1. The largest absolute Gasteiger partial charge is 0.278 e. The summed E-state index contributed by atoms with van der Waals surface area (Å²) >= 11 is 0. The second-order valence-corrected chi connectivity index (χ2v) is 8.92. The molecule has 1 heterocycles. The van der Waals surface area contributed by atoms with E-state index in [1.807, 2.05) is 6.20 Å². The molecule has 4 rings (SSSR count). The molecule has 0 spiro atoms. The number of hydrogen-bond donors (Lipinski definition) is 1. The third-order valence-corrected chi connectivity index (χ3v) is 6.35. The molecule has 0 amide bonds. The van der Waals surface area contributed by atoms with E-state index in [9.17, 15) is 0 Å². The highest BCUT2D eigenvalue weighted by atomic mass is 15.1. The Morgan fingerprint density at radius 1 is 0.906 bits per heavy atom. The average molecular weight is 423 g/mol. The van der Waals surface area contributed by atoms with E-state index < -0.39 is 0 Å². The molecule has 4 aromatic rings. The van der Waals surface area contributed by atoms with Gasteiger partial charge in [0, 0.05) is 5.39 Å². The van der Waals surface area contributed by atoms with Gasteiger partial charge in [-0.3, -0.25) is 5.10 Å². The molecular weight excluding hydrogens is 388 g/mol. The van der Waals surface area contributed by atoms with Crippen LogP contribution in [0.2, 0.25) is 0 Å². The van der Waals surface area contributed by atoms with E-state index in [4.69, 9.17) is 0 Å². The molecule has 0 fully saturated rings. The van der Waals surface area contributed by atoms with Crippen molar-refractivity contribution in [2.75, 3.05) is 0 Å². The van der Waals surface area contributed by atoms with Crippen LogP contribution in [0.1, 0.15) is 80.7 Å². The second kappa shape index (κ2) is 9.99. The number of nitrogens with one attached hydrogen (secondary N) is 1. The Bertz CT molecular complexity index is 1210. The minimum atomic E-state index is 0.474. The van der Waals surface area contributed by atoms with Crippen LogP contribution < -0.4 is 0 Å². The van der Waals surface area contributed by atoms with Crippen LogP contribution in [0, 0.1) is 0 Å². The summed E-state index contributed by atoms with van der Waals surface area (Å²) < 4.78 is 0. The predicted octanol–water partition coefficient (Wildman–Crippen LogP) is 8.40. The summed E-state index contributed by atoms with van der Waals surface area (Å²) in [7, 11) is 0. The van der Waals surface area contributed by atoms with Crippen LogP contribution in [0.25, 0.3) is 22.0 Å². The van der Waals surface area contributed by atoms with Gasteiger partial charge < -0.3 is 0 Å². The standard InChI is InChI=1S/C30H34N2/c1-5-7-10-22-13-15-23(16-14-22)30(24-17-18-29-25(19-24)20-31-32-29)26(6-2)28-12-9-8-11-27(28)21(3)4/h8-9,11-21H,5-7,10H2,1-4H3,(H,31,32)/b30-26+. The number of unbranched alkanes of at least 4 members (excludes halogenated alkanes) is 1. The van der Waals surface area contributed by atoms with Crippen LogP contribution in [0.15, 0.2) is 72.9 Å². The van der Waals surface area contributed by atoms with Gasteiger partial charge in [0.05, 0.1) is 11.7 Å². The highest BCUT2D eigenvalue weighted by Gasteiger charge is 2.17. The molecule has 0 atom stereocenters. The SMILES string of the molecule is CCCCc1ccc(/C(=C(/CC)c2ccccc2C(C)C)c2ccc3[nH]ncc3c2)cc1. The zero-order chi connectivity index (χ0) is 22.5. The number of benzene rings is 3. The molecule has 32 heavy (non-hydrogen) atoms. The van der Waals surface area contributed by atoms with Gasteiger partial charge in [-0.25, -0.2) is 0 Å². The summed E-state index contributed by atoms with van der Waals surface area (Å²) in [4.78, 5) is 0. The number of aromatic nitrogens is 2. The lowest BCUT2D eigenvalue weighted by Crippen LogP contribution is -2.00. The van der Waals surface area contributed by atoms with Crippen LogP contribution in [0.5, 0.6) is 0 Å². The summed E-state index contributed by atoms with van der Waals surface area (Å²) in [5.41, 5.74) is 10.5. The van der Waals surface area contributed by atoms with Gasteiger partial charge in [0.25, 0.3) is 0 Å². The van der Waals surface area contributed by atoms with Crippen molar-refractivity contribution < 1.29 is 0 Å². The van der Waals surface area contributed by atoms with Gasteiger partial charge in [-0.15, -0.1) is 0 Å². The first kappa shape index (κ1) is 22.1. The molecule has 0 unspecified atom stereocenters. The van der Waals surface area contributed by atoms with E-state index >= 15 is 0 Å². The lowest BCUT2D eigenvalue weighted by molar-refractivity contribution is 0.795. The molecule has 1 N–H and O–H groups in total. The van der Waals surface area contributed by atoms with Crippen molar-refractivity contribution in [3.05, 3.63) is 101 Å². The molecule has 3 aromatic carbocycles. The van der Waals surface area contributed by atoms with Crippen molar-refractivity contribution >= 4 is 22.0 Å². The monoisotopic (exact) mass is 422 g/mol. The number of rotatable bonds is 8. The van der Waals surface area contributed by atoms with Crippen molar-refractivity contribution in [3.63, 3.8) is 0 Å². The van der Waals surface area contributed by atoms with Gasteiger partial charge in [-0.2, -0.15) is 5.10 Å². The summed E-state index contributed by atoms with van der Waals surface area (Å²) in [5, 5.41) is 8.46. The Kier molecular flexibility index (Phi) is 6.90. The van der Waals surface area contributed by atoms with Crippen LogP contribution in [0.3, 0.4) is 0 Å². The van der Waals surface area contributed by atoms with Gasteiger partial charge in [0.1, 0.15) is 0 Å². The fourth-order valence-electron chi connectivity index (χ4n) is 4.61. The Labute approximate surface area is 192 Å². The second-order valence-electron chi connectivity index (χ2n) is 8.92. The molecule has 0 saturated carbocycles. The number of fused-ring (bicyclic) bond motifs is 1. The molecule has 2 nitrogen and oxygen atoms in total. The third kappa shape index (κ3) is 4.55.